The molecule has 35 heavy (non-hydrogen) atoms. The van der Waals surface area contributed by atoms with E-state index in [-0.39, 0.29) is 37.2 Å². The molecule has 2 bridgehead atoms. The van der Waals surface area contributed by atoms with Crippen LogP contribution in [-0.2, 0) is 16.6 Å². The molecule has 6 heteroatoms. The molecule has 5 aliphatic rings. The van der Waals surface area contributed by atoms with Crippen LogP contribution in [0.4, 0.5) is 4.79 Å². The van der Waals surface area contributed by atoms with E-state index in [1.807, 2.05) is 17.2 Å². The number of benzene rings is 1. The summed E-state index contributed by atoms with van der Waals surface area (Å²) in [4.78, 5) is 22.1. The van der Waals surface area contributed by atoms with E-state index in [4.69, 9.17) is 9.47 Å². The molecule has 1 aromatic heterocycles. The zero-order valence-electron chi connectivity index (χ0n) is 19.8. The summed E-state index contributed by atoms with van der Waals surface area (Å²) in [5.74, 6) is 1.42. The highest BCUT2D eigenvalue weighted by atomic mass is 16.6. The summed E-state index contributed by atoms with van der Waals surface area (Å²) in [6.45, 7) is 3.89. The molecular weight excluding hydrogens is 438 g/mol. The monoisotopic (exact) mass is 473 g/mol. The number of aryl methyl sites for hydroxylation is 1. The Bertz CT molecular complexity index is 1180. The zero-order chi connectivity index (χ0) is 23.0. The molecule has 2 saturated heterocycles. The van der Waals surface area contributed by atoms with E-state index in [0.717, 1.165) is 43.5 Å². The second-order valence-corrected chi connectivity index (χ2v) is 10.7. The van der Waals surface area contributed by atoms with Crippen molar-refractivity contribution in [3.63, 3.8) is 0 Å². The van der Waals surface area contributed by atoms with Crippen LogP contribution < -0.4 is 4.74 Å². The van der Waals surface area contributed by atoms with Crippen molar-refractivity contribution in [1.29, 1.82) is 0 Å². The summed E-state index contributed by atoms with van der Waals surface area (Å²) in [6.07, 6.45) is 11.3. The van der Waals surface area contributed by atoms with E-state index in [1.165, 1.54) is 16.7 Å². The number of nitrogens with zero attached hydrogens (tertiary/aromatic N) is 3. The topological polar surface area (TPSA) is 54.9 Å². The van der Waals surface area contributed by atoms with Gasteiger partial charge in [-0.2, -0.15) is 0 Å². The quantitative estimate of drug-likeness (QED) is 0.586. The lowest BCUT2D eigenvalue weighted by molar-refractivity contribution is -0.0553. The van der Waals surface area contributed by atoms with Crippen LogP contribution >= 0.6 is 0 Å². The summed E-state index contributed by atoms with van der Waals surface area (Å²) < 4.78 is 13.0. The third kappa shape index (κ3) is 3.05. The maximum absolute atomic E-state index is 13.5. The Morgan fingerprint density at radius 3 is 2.94 bits per heavy atom. The second-order valence-electron chi connectivity index (χ2n) is 10.7. The second kappa shape index (κ2) is 8.09. The van der Waals surface area contributed by atoms with Gasteiger partial charge in [-0.05, 0) is 75.0 Å². The van der Waals surface area contributed by atoms with Crippen molar-refractivity contribution in [2.24, 2.45) is 5.92 Å². The molecule has 2 aliphatic carbocycles. The normalized spacial score (nSPS) is 34.1. The maximum Gasteiger partial charge on any atom is 0.411 e. The minimum atomic E-state index is -0.388. The first-order chi connectivity index (χ1) is 16.6. The predicted octanol–water partition coefficient (Wildman–Crippen LogP) is 4.81. The minimum absolute atomic E-state index is 0. The number of pyridine rings is 1. The molecule has 2 fully saturated rings. The summed E-state index contributed by atoms with van der Waals surface area (Å²) in [5, 5.41) is 0. The number of likely N-dealkylation sites (tertiary alicyclic amines) is 2. The number of hydrogen-bond donors (Lipinski definition) is 0. The lowest BCUT2D eigenvalue weighted by Gasteiger charge is -2.56. The van der Waals surface area contributed by atoms with Crippen molar-refractivity contribution in [2.45, 2.75) is 69.7 Å². The van der Waals surface area contributed by atoms with Crippen molar-refractivity contribution in [2.75, 3.05) is 20.1 Å². The van der Waals surface area contributed by atoms with Crippen LogP contribution in [0.2, 0.25) is 0 Å². The first-order valence-corrected chi connectivity index (χ1v) is 12.6. The molecule has 2 aromatic rings. The molecule has 6 atom stereocenters. The third-order valence-electron chi connectivity index (χ3n) is 9.14. The number of carbonyl (C=O) groups excluding carboxylic acids is 1. The van der Waals surface area contributed by atoms with Crippen molar-refractivity contribution in [1.82, 2.24) is 14.8 Å². The van der Waals surface area contributed by atoms with Gasteiger partial charge in [0.15, 0.2) is 6.10 Å². The SMILES string of the molecule is C.Cc1ccc2c3c1O[C@H]1[C@@H](OC(=O)N4CCC[C@H]4c4cccnc4)C=C[C@H]4[C@@H](C2)N(C)CC[C@@]341. The highest BCUT2D eigenvalue weighted by Crippen LogP contribution is 2.61. The van der Waals surface area contributed by atoms with Gasteiger partial charge in [-0.15, -0.1) is 0 Å². The molecule has 0 saturated carbocycles. The molecule has 0 radical (unpaired) electrons. The molecule has 184 valence electrons. The van der Waals surface area contributed by atoms with E-state index >= 15 is 0 Å². The molecular formula is C29H35N3O3. The van der Waals surface area contributed by atoms with Crippen LogP contribution in [0, 0.1) is 12.8 Å². The number of piperidine rings is 1. The van der Waals surface area contributed by atoms with Gasteiger partial charge in [0.25, 0.3) is 0 Å². The van der Waals surface area contributed by atoms with E-state index in [0.29, 0.717) is 18.5 Å². The Hall–Kier alpha value is -2.86. The maximum atomic E-state index is 13.5. The first-order valence-electron chi connectivity index (χ1n) is 12.6. The van der Waals surface area contributed by atoms with Crippen molar-refractivity contribution in [3.8, 4) is 5.75 Å². The molecule has 3 aliphatic heterocycles. The number of ether oxygens (including phenoxy) is 2. The van der Waals surface area contributed by atoms with Gasteiger partial charge in [0.05, 0.1) is 6.04 Å². The van der Waals surface area contributed by atoms with Crippen LogP contribution in [0.5, 0.6) is 5.75 Å². The zero-order valence-corrected chi connectivity index (χ0v) is 19.8. The number of amides is 1. The average molecular weight is 474 g/mol. The fourth-order valence-electron chi connectivity index (χ4n) is 7.56. The Kier molecular flexibility index (Phi) is 5.22. The Labute approximate surface area is 207 Å². The molecule has 1 aromatic carbocycles. The van der Waals surface area contributed by atoms with Crippen LogP contribution in [0.25, 0.3) is 0 Å². The van der Waals surface area contributed by atoms with Gasteiger partial charge in [0.1, 0.15) is 11.9 Å². The molecule has 1 amide bonds. The number of aromatic nitrogens is 1. The molecule has 1 spiro atoms. The highest BCUT2D eigenvalue weighted by molar-refractivity contribution is 5.70. The molecule has 0 N–H and O–H groups in total. The van der Waals surface area contributed by atoms with E-state index in [9.17, 15) is 4.79 Å². The fraction of sp³-hybridized carbons (Fsp3) is 0.517. The summed E-state index contributed by atoms with van der Waals surface area (Å²) >= 11 is 0. The van der Waals surface area contributed by atoms with E-state index < -0.39 is 0 Å². The molecule has 7 rings (SSSR count). The van der Waals surface area contributed by atoms with Crippen molar-refractivity contribution >= 4 is 6.09 Å². The Morgan fingerprint density at radius 1 is 1.23 bits per heavy atom. The highest BCUT2D eigenvalue weighted by Gasteiger charge is 2.64. The summed E-state index contributed by atoms with van der Waals surface area (Å²) in [7, 11) is 2.24. The number of rotatable bonds is 2. The van der Waals surface area contributed by atoms with Gasteiger partial charge in [-0.25, -0.2) is 4.79 Å². The molecule has 6 nitrogen and oxygen atoms in total. The van der Waals surface area contributed by atoms with Crippen LogP contribution in [0.15, 0.2) is 48.8 Å². The lowest BCUT2D eigenvalue weighted by Crippen LogP contribution is -2.65. The van der Waals surface area contributed by atoms with Gasteiger partial charge in [-0.3, -0.25) is 4.98 Å². The van der Waals surface area contributed by atoms with Crippen LogP contribution in [-0.4, -0.2) is 59.3 Å². The van der Waals surface area contributed by atoms with Gasteiger partial charge in [0, 0.05) is 41.9 Å². The number of hydrogen-bond acceptors (Lipinski definition) is 5. The van der Waals surface area contributed by atoms with Crippen LogP contribution in [0.1, 0.15) is 55.0 Å². The van der Waals surface area contributed by atoms with Gasteiger partial charge in [-0.1, -0.05) is 31.7 Å². The first kappa shape index (κ1) is 22.6. The molecule has 4 heterocycles. The number of likely N-dealkylation sites (N-methyl/N-ethyl adjacent to an activating group) is 1. The largest absolute Gasteiger partial charge is 0.485 e. The summed E-state index contributed by atoms with van der Waals surface area (Å²) in [5.41, 5.74) is 4.95. The predicted molar refractivity (Wildman–Crippen MR) is 135 cm³/mol. The number of carbonyl (C=O) groups is 1. The smallest absolute Gasteiger partial charge is 0.411 e. The van der Waals surface area contributed by atoms with Gasteiger partial charge < -0.3 is 19.3 Å². The van der Waals surface area contributed by atoms with Crippen LogP contribution in [0.3, 0.4) is 0 Å². The Morgan fingerprint density at radius 2 is 2.11 bits per heavy atom. The minimum Gasteiger partial charge on any atom is -0.485 e. The van der Waals surface area contributed by atoms with Gasteiger partial charge in [0.2, 0.25) is 0 Å². The average Bonchev–Trinajstić information content (AvgIpc) is 3.48. The van der Waals surface area contributed by atoms with Crippen molar-refractivity contribution < 1.29 is 14.3 Å². The Balaban J connectivity index is 0.00000229. The fourth-order valence-corrected chi connectivity index (χ4v) is 7.56. The van der Waals surface area contributed by atoms with E-state index in [1.54, 1.807) is 6.20 Å². The van der Waals surface area contributed by atoms with E-state index in [2.05, 4.69) is 54.2 Å². The summed E-state index contributed by atoms with van der Waals surface area (Å²) in [6, 6.07) is 8.96. The standard InChI is InChI=1S/C28H31N3O3.CH4/c1-17-7-8-18-15-22-20-9-10-23(26-28(20,11-14-30(22)2)24(18)25(17)34-26)33-27(32)31-13-4-6-21(31)19-5-3-12-29-16-19;/h3,5,7-10,12,16,20-23,26H,4,6,11,13-15H2,1-2H3;1H4/t20-,21-,22+,23-,26-,28-;/m0./s1. The van der Waals surface area contributed by atoms with Gasteiger partial charge >= 0.3 is 6.09 Å². The van der Waals surface area contributed by atoms with Crippen molar-refractivity contribution in [3.05, 3.63) is 71.1 Å². The third-order valence-corrected chi connectivity index (χ3v) is 9.14. The molecule has 0 unspecified atom stereocenters. The lowest BCUT2D eigenvalue weighted by atomic mass is 9.53.